The number of hydrogen-bond acceptors (Lipinski definition) is 5. The molecular formula is C19H20N6O. The van der Waals surface area contributed by atoms with Crippen molar-refractivity contribution in [3.05, 3.63) is 60.4 Å². The van der Waals surface area contributed by atoms with Crippen molar-refractivity contribution in [1.29, 1.82) is 0 Å². The molecule has 1 atom stereocenters. The molecule has 0 saturated heterocycles. The van der Waals surface area contributed by atoms with Gasteiger partial charge in [-0.15, -0.1) is 5.10 Å². The lowest BCUT2D eigenvalue weighted by molar-refractivity contribution is -0.117. The minimum Gasteiger partial charge on any atom is -0.378 e. The molecule has 7 heteroatoms. The molecule has 0 spiro atoms. The number of rotatable bonds is 6. The van der Waals surface area contributed by atoms with E-state index in [-0.39, 0.29) is 17.9 Å². The molecule has 3 aromatic rings. The molecule has 0 unspecified atom stereocenters. The third-order valence-electron chi connectivity index (χ3n) is 4.47. The molecule has 1 amide bonds. The summed E-state index contributed by atoms with van der Waals surface area (Å²) >= 11 is 0. The zero-order chi connectivity index (χ0) is 17.9. The molecule has 0 bridgehead atoms. The van der Waals surface area contributed by atoms with Crippen LogP contribution in [0.1, 0.15) is 31.4 Å². The molecule has 4 rings (SSSR count). The predicted octanol–water partition coefficient (Wildman–Crippen LogP) is 3.18. The summed E-state index contributed by atoms with van der Waals surface area (Å²) in [6, 6.07) is 16.0. The quantitative estimate of drug-likeness (QED) is 0.715. The van der Waals surface area contributed by atoms with Crippen molar-refractivity contribution in [1.82, 2.24) is 20.2 Å². The van der Waals surface area contributed by atoms with Gasteiger partial charge in [0, 0.05) is 23.3 Å². The van der Waals surface area contributed by atoms with Crippen molar-refractivity contribution >= 4 is 17.3 Å². The van der Waals surface area contributed by atoms with Crippen LogP contribution in [0, 0.1) is 5.92 Å². The van der Waals surface area contributed by atoms with Crippen molar-refractivity contribution in [2.24, 2.45) is 5.92 Å². The molecule has 0 radical (unpaired) electrons. The highest BCUT2D eigenvalue weighted by Crippen LogP contribution is 2.30. The average molecular weight is 348 g/mol. The number of carbonyl (C=O) groups excluding carboxylic acids is 1. The molecule has 1 aromatic heterocycles. The highest BCUT2D eigenvalue weighted by molar-refractivity contribution is 5.94. The lowest BCUT2D eigenvalue weighted by atomic mass is 10.1. The Morgan fingerprint density at radius 1 is 1.15 bits per heavy atom. The van der Waals surface area contributed by atoms with Crippen molar-refractivity contribution < 1.29 is 4.79 Å². The van der Waals surface area contributed by atoms with E-state index in [1.807, 2.05) is 48.5 Å². The Morgan fingerprint density at radius 2 is 1.92 bits per heavy atom. The first kappa shape index (κ1) is 16.3. The van der Waals surface area contributed by atoms with Gasteiger partial charge in [-0.25, -0.2) is 4.68 Å². The smallest absolute Gasteiger partial charge is 0.227 e. The van der Waals surface area contributed by atoms with Crippen LogP contribution in [0.15, 0.2) is 54.9 Å². The van der Waals surface area contributed by atoms with Crippen LogP contribution in [-0.4, -0.2) is 26.1 Å². The Morgan fingerprint density at radius 3 is 2.62 bits per heavy atom. The summed E-state index contributed by atoms with van der Waals surface area (Å²) in [5, 5.41) is 17.6. The van der Waals surface area contributed by atoms with E-state index >= 15 is 0 Å². The van der Waals surface area contributed by atoms with E-state index in [1.54, 1.807) is 11.0 Å². The Kier molecular flexibility index (Phi) is 4.35. The van der Waals surface area contributed by atoms with Crippen molar-refractivity contribution in [3.8, 4) is 5.69 Å². The van der Waals surface area contributed by atoms with E-state index in [0.29, 0.717) is 0 Å². The van der Waals surface area contributed by atoms with Crippen LogP contribution in [0.5, 0.6) is 0 Å². The highest BCUT2D eigenvalue weighted by atomic mass is 16.2. The van der Waals surface area contributed by atoms with Crippen LogP contribution >= 0.6 is 0 Å². The van der Waals surface area contributed by atoms with E-state index in [2.05, 4.69) is 33.1 Å². The number of carbonyl (C=O) groups is 1. The summed E-state index contributed by atoms with van der Waals surface area (Å²) in [6.45, 7) is 2.10. The van der Waals surface area contributed by atoms with Crippen molar-refractivity contribution in [3.63, 3.8) is 0 Å². The number of tetrazole rings is 1. The van der Waals surface area contributed by atoms with Crippen LogP contribution < -0.4 is 10.6 Å². The van der Waals surface area contributed by atoms with Crippen LogP contribution in [0.25, 0.3) is 5.69 Å². The first-order valence-corrected chi connectivity index (χ1v) is 8.70. The average Bonchev–Trinajstić information content (AvgIpc) is 3.37. The maximum Gasteiger partial charge on any atom is 0.227 e. The number of amides is 1. The molecule has 0 aliphatic heterocycles. The standard InChI is InChI=1S/C19H20N6O/c1-13(14-7-9-18(10-8-14)25-12-20-23-24-25)21-16-3-2-4-17(11-16)22-19(26)15-5-6-15/h2-4,7-13,15,21H,5-6H2,1H3,(H,22,26)/t13-/m1/s1. The number of hydrogen-bond donors (Lipinski definition) is 2. The summed E-state index contributed by atoms with van der Waals surface area (Å²) in [7, 11) is 0. The van der Waals surface area contributed by atoms with E-state index in [4.69, 9.17) is 0 Å². The fraction of sp³-hybridized carbons (Fsp3) is 0.263. The van der Waals surface area contributed by atoms with E-state index in [0.717, 1.165) is 35.5 Å². The molecule has 7 nitrogen and oxygen atoms in total. The lowest BCUT2D eigenvalue weighted by Crippen LogP contribution is -2.13. The molecule has 132 valence electrons. The second-order valence-electron chi connectivity index (χ2n) is 6.56. The SMILES string of the molecule is C[C@@H](Nc1cccc(NC(=O)C2CC2)c1)c1ccc(-n2cnnn2)cc1. The summed E-state index contributed by atoms with van der Waals surface area (Å²) in [6.07, 6.45) is 3.57. The van der Waals surface area contributed by atoms with Crippen LogP contribution in [0.2, 0.25) is 0 Å². The maximum atomic E-state index is 11.9. The molecular weight excluding hydrogens is 328 g/mol. The number of benzene rings is 2. The molecule has 1 aliphatic carbocycles. The van der Waals surface area contributed by atoms with Crippen LogP contribution in [0.4, 0.5) is 11.4 Å². The monoisotopic (exact) mass is 348 g/mol. The summed E-state index contributed by atoms with van der Waals surface area (Å²) in [4.78, 5) is 11.9. The number of nitrogens with zero attached hydrogens (tertiary/aromatic N) is 4. The number of aromatic nitrogens is 4. The van der Waals surface area contributed by atoms with Gasteiger partial charge in [0.15, 0.2) is 0 Å². The van der Waals surface area contributed by atoms with E-state index < -0.39 is 0 Å². The van der Waals surface area contributed by atoms with Crippen molar-refractivity contribution in [2.75, 3.05) is 10.6 Å². The lowest BCUT2D eigenvalue weighted by Gasteiger charge is -2.17. The van der Waals surface area contributed by atoms with Gasteiger partial charge in [-0.05, 0) is 66.1 Å². The minimum absolute atomic E-state index is 0.118. The van der Waals surface area contributed by atoms with Crippen molar-refractivity contribution in [2.45, 2.75) is 25.8 Å². The van der Waals surface area contributed by atoms with Gasteiger partial charge < -0.3 is 10.6 Å². The largest absolute Gasteiger partial charge is 0.378 e. The summed E-state index contributed by atoms with van der Waals surface area (Å²) < 4.78 is 1.62. The van der Waals surface area contributed by atoms with E-state index in [9.17, 15) is 4.79 Å². The summed E-state index contributed by atoms with van der Waals surface area (Å²) in [5.74, 6) is 0.317. The van der Waals surface area contributed by atoms with E-state index in [1.165, 1.54) is 0 Å². The number of anilines is 2. The van der Waals surface area contributed by atoms with Gasteiger partial charge in [-0.1, -0.05) is 18.2 Å². The topological polar surface area (TPSA) is 84.7 Å². The third-order valence-corrected chi connectivity index (χ3v) is 4.47. The first-order valence-electron chi connectivity index (χ1n) is 8.70. The molecule has 2 aromatic carbocycles. The minimum atomic E-state index is 0.118. The Hall–Kier alpha value is -3.22. The highest BCUT2D eigenvalue weighted by Gasteiger charge is 2.29. The van der Waals surface area contributed by atoms with Gasteiger partial charge in [-0.2, -0.15) is 0 Å². The molecule has 1 heterocycles. The second-order valence-corrected chi connectivity index (χ2v) is 6.56. The molecule has 26 heavy (non-hydrogen) atoms. The molecule has 1 fully saturated rings. The fourth-order valence-corrected chi connectivity index (χ4v) is 2.81. The molecule has 1 saturated carbocycles. The fourth-order valence-electron chi connectivity index (χ4n) is 2.81. The van der Waals surface area contributed by atoms with Gasteiger partial charge in [0.05, 0.1) is 5.69 Å². The Labute approximate surface area is 151 Å². The summed E-state index contributed by atoms with van der Waals surface area (Å²) in [5.41, 5.74) is 3.86. The van der Waals surface area contributed by atoms with Crippen LogP contribution in [0.3, 0.4) is 0 Å². The van der Waals surface area contributed by atoms with Gasteiger partial charge in [0.2, 0.25) is 5.91 Å². The normalized spacial score (nSPS) is 14.7. The predicted molar refractivity (Wildman–Crippen MR) is 99.0 cm³/mol. The molecule has 1 aliphatic rings. The number of nitrogens with one attached hydrogen (secondary N) is 2. The Balaban J connectivity index is 1.42. The van der Waals surface area contributed by atoms with Gasteiger partial charge in [0.25, 0.3) is 0 Å². The van der Waals surface area contributed by atoms with Gasteiger partial charge in [0.1, 0.15) is 6.33 Å². The van der Waals surface area contributed by atoms with Gasteiger partial charge >= 0.3 is 0 Å². The first-order chi connectivity index (χ1) is 12.7. The third kappa shape index (κ3) is 3.72. The second kappa shape index (κ2) is 6.95. The zero-order valence-electron chi connectivity index (χ0n) is 14.5. The zero-order valence-corrected chi connectivity index (χ0v) is 14.5. The van der Waals surface area contributed by atoms with Gasteiger partial charge in [-0.3, -0.25) is 4.79 Å². The Bertz CT molecular complexity index is 887. The maximum absolute atomic E-state index is 11.9. The van der Waals surface area contributed by atoms with Crippen LogP contribution in [-0.2, 0) is 4.79 Å². The molecule has 2 N–H and O–H groups in total.